The van der Waals surface area contributed by atoms with Crippen LogP contribution in [-0.2, 0) is 0 Å². The number of nitrogens with zero attached hydrogens (tertiary/aromatic N) is 1. The van der Waals surface area contributed by atoms with E-state index < -0.39 is 0 Å². The number of nitrogens with one attached hydrogen (secondary N) is 1. The van der Waals surface area contributed by atoms with Crippen LogP contribution in [0.1, 0.15) is 17.3 Å². The van der Waals surface area contributed by atoms with E-state index in [0.717, 1.165) is 4.90 Å². The van der Waals surface area contributed by atoms with E-state index in [-0.39, 0.29) is 24.2 Å². The van der Waals surface area contributed by atoms with Crippen LogP contribution in [0, 0.1) is 0 Å². The van der Waals surface area contributed by atoms with Crippen LogP contribution in [0.15, 0.2) is 35.6 Å². The maximum absolute atomic E-state index is 12.4. The molecule has 0 saturated carbocycles. The molecule has 0 saturated heterocycles. The normalized spacial score (nSPS) is 17.4. The summed E-state index contributed by atoms with van der Waals surface area (Å²) in [6.45, 7) is 1.87. The number of hydrogen-bond acceptors (Lipinski definition) is 4. The van der Waals surface area contributed by atoms with E-state index in [2.05, 4.69) is 4.99 Å². The van der Waals surface area contributed by atoms with Crippen LogP contribution in [0.25, 0.3) is 0 Å². The number of carbonyl (C=O) groups excluding carboxylic acids is 1. The maximum Gasteiger partial charge on any atom is 0.220 e. The second kappa shape index (κ2) is 7.07. The fourth-order valence-corrected chi connectivity index (χ4v) is 1.95. The Bertz CT molecular complexity index is 531. The topological polar surface area (TPSA) is 52.3 Å². The van der Waals surface area contributed by atoms with Crippen molar-refractivity contribution in [3.8, 4) is 11.5 Å². The van der Waals surface area contributed by atoms with Gasteiger partial charge >= 0.3 is 0 Å². The van der Waals surface area contributed by atoms with Crippen LogP contribution in [0.4, 0.5) is 0 Å². The molecular formula is C14H17ClN2O3. The molecule has 2 rings (SSSR count). The zero-order valence-electron chi connectivity index (χ0n) is 11.6. The number of quaternary nitrogens is 1. The molecule has 1 aromatic rings. The average molecular weight is 297 g/mol. The van der Waals surface area contributed by atoms with E-state index in [1.807, 2.05) is 13.1 Å². The predicted molar refractivity (Wildman–Crippen MR) is 71.9 cm³/mol. The van der Waals surface area contributed by atoms with Crippen LogP contribution in [0.2, 0.25) is 0 Å². The third-order valence-electron chi connectivity index (χ3n) is 3.14. The van der Waals surface area contributed by atoms with Crippen LogP contribution in [-0.4, -0.2) is 32.4 Å². The number of ether oxygens (including phenoxy) is 2. The Morgan fingerprint density at radius 1 is 1.25 bits per heavy atom. The van der Waals surface area contributed by atoms with Crippen molar-refractivity contribution in [2.45, 2.75) is 13.0 Å². The Hall–Kier alpha value is -1.85. The van der Waals surface area contributed by atoms with Gasteiger partial charge in [-0.05, 0) is 25.1 Å². The van der Waals surface area contributed by atoms with Crippen molar-refractivity contribution in [3.05, 3.63) is 36.2 Å². The molecule has 108 valence electrons. The first-order valence-electron chi connectivity index (χ1n) is 6.00. The van der Waals surface area contributed by atoms with Crippen molar-refractivity contribution < 1.29 is 31.6 Å². The Balaban J connectivity index is 0.00000200. The summed E-state index contributed by atoms with van der Waals surface area (Å²) in [6, 6.07) is 4.97. The lowest BCUT2D eigenvalue weighted by Gasteiger charge is -2.15. The number of halogens is 1. The minimum absolute atomic E-state index is 0. The highest BCUT2D eigenvalue weighted by Gasteiger charge is 2.26. The molecule has 6 heteroatoms. The van der Waals surface area contributed by atoms with Crippen LogP contribution in [0.5, 0.6) is 11.5 Å². The lowest BCUT2D eigenvalue weighted by Crippen LogP contribution is -3.10. The van der Waals surface area contributed by atoms with Crippen LogP contribution >= 0.6 is 0 Å². The molecule has 2 atom stereocenters. The van der Waals surface area contributed by atoms with Crippen LogP contribution < -0.4 is 26.8 Å². The Kier molecular flexibility index (Phi) is 5.73. The van der Waals surface area contributed by atoms with E-state index in [1.165, 1.54) is 0 Å². The van der Waals surface area contributed by atoms with Gasteiger partial charge in [-0.15, -0.1) is 0 Å². The quantitative estimate of drug-likeness (QED) is 0.621. The molecule has 0 aromatic heterocycles. The first kappa shape index (κ1) is 16.2. The minimum Gasteiger partial charge on any atom is -1.00 e. The smallest absolute Gasteiger partial charge is 0.220 e. The first-order chi connectivity index (χ1) is 9.17. The SMILES string of the molecule is COc1ccc(C(=O)C(C)[NH+]2C=CN=C2)cc1OC.[Cl-]. The van der Waals surface area contributed by atoms with E-state index in [9.17, 15) is 4.79 Å². The van der Waals surface area contributed by atoms with E-state index in [1.54, 1.807) is 45.0 Å². The van der Waals surface area contributed by atoms with Gasteiger partial charge in [-0.3, -0.25) is 9.69 Å². The highest BCUT2D eigenvalue weighted by Crippen LogP contribution is 2.27. The van der Waals surface area contributed by atoms with Gasteiger partial charge in [-0.1, -0.05) is 0 Å². The van der Waals surface area contributed by atoms with Gasteiger partial charge in [0, 0.05) is 5.56 Å². The van der Waals surface area contributed by atoms with Gasteiger partial charge in [0.1, 0.15) is 6.20 Å². The van der Waals surface area contributed by atoms with Gasteiger partial charge in [-0.25, -0.2) is 4.99 Å². The summed E-state index contributed by atoms with van der Waals surface area (Å²) in [6.07, 6.45) is 5.25. The molecule has 0 aliphatic carbocycles. The Morgan fingerprint density at radius 2 is 1.95 bits per heavy atom. The Morgan fingerprint density at radius 3 is 2.50 bits per heavy atom. The highest BCUT2D eigenvalue weighted by molar-refractivity contribution is 6.00. The molecule has 1 N–H and O–H groups in total. The number of benzene rings is 1. The number of Topliss-reactive ketones (excluding diaryl/α,β-unsaturated/α-hetero) is 1. The molecule has 0 amide bonds. The zero-order chi connectivity index (χ0) is 13.8. The predicted octanol–water partition coefficient (Wildman–Crippen LogP) is -2.32. The molecule has 1 heterocycles. The molecule has 0 fully saturated rings. The average Bonchev–Trinajstić information content (AvgIpc) is 2.99. The molecule has 1 aliphatic rings. The van der Waals surface area contributed by atoms with Gasteiger partial charge in [-0.2, -0.15) is 0 Å². The molecule has 20 heavy (non-hydrogen) atoms. The van der Waals surface area contributed by atoms with E-state index in [4.69, 9.17) is 9.47 Å². The lowest BCUT2D eigenvalue weighted by atomic mass is 10.0. The van der Waals surface area contributed by atoms with Crippen molar-refractivity contribution in [2.24, 2.45) is 4.99 Å². The molecule has 0 spiro atoms. The van der Waals surface area contributed by atoms with Crippen molar-refractivity contribution >= 4 is 12.1 Å². The number of hydrogen-bond donors (Lipinski definition) is 1. The largest absolute Gasteiger partial charge is 1.00 e. The standard InChI is InChI=1S/C14H16N2O3.ClH/c1-10(16-7-6-15-9-16)14(17)11-4-5-12(18-2)13(8-11)19-3;/h4-10H,1-3H3;1H. The molecular weight excluding hydrogens is 280 g/mol. The maximum atomic E-state index is 12.4. The summed E-state index contributed by atoms with van der Waals surface area (Å²) >= 11 is 0. The molecule has 0 radical (unpaired) electrons. The van der Waals surface area contributed by atoms with E-state index in [0.29, 0.717) is 17.1 Å². The van der Waals surface area contributed by atoms with Gasteiger partial charge in [0.15, 0.2) is 23.9 Å². The minimum atomic E-state index is -0.222. The number of aliphatic imine (C=N–C) groups is 1. The summed E-state index contributed by atoms with van der Waals surface area (Å²) in [5.74, 6) is 1.21. The van der Waals surface area contributed by atoms with Gasteiger partial charge in [0.25, 0.3) is 0 Å². The third kappa shape index (κ3) is 3.18. The van der Waals surface area contributed by atoms with Crippen molar-refractivity contribution in [2.75, 3.05) is 14.2 Å². The van der Waals surface area contributed by atoms with Crippen molar-refractivity contribution in [1.82, 2.24) is 0 Å². The fraction of sp³-hybridized carbons (Fsp3) is 0.286. The number of methoxy groups -OCH3 is 2. The molecule has 5 nitrogen and oxygen atoms in total. The van der Waals surface area contributed by atoms with Gasteiger partial charge < -0.3 is 21.9 Å². The second-order valence-electron chi connectivity index (χ2n) is 4.25. The second-order valence-corrected chi connectivity index (χ2v) is 4.25. The summed E-state index contributed by atoms with van der Waals surface area (Å²) in [5, 5.41) is 0. The third-order valence-corrected chi connectivity index (χ3v) is 3.14. The molecule has 0 bridgehead atoms. The zero-order valence-corrected chi connectivity index (χ0v) is 12.3. The van der Waals surface area contributed by atoms with Crippen molar-refractivity contribution in [3.63, 3.8) is 0 Å². The van der Waals surface area contributed by atoms with Gasteiger partial charge in [0.2, 0.25) is 5.78 Å². The summed E-state index contributed by atoms with van der Waals surface area (Å²) in [7, 11) is 3.12. The molecule has 2 unspecified atom stereocenters. The number of carbonyl (C=O) groups is 1. The van der Waals surface area contributed by atoms with Crippen LogP contribution in [0.3, 0.4) is 0 Å². The number of ketones is 1. The monoisotopic (exact) mass is 296 g/mol. The van der Waals surface area contributed by atoms with Crippen molar-refractivity contribution in [1.29, 1.82) is 0 Å². The summed E-state index contributed by atoms with van der Waals surface area (Å²) in [4.78, 5) is 17.3. The van der Waals surface area contributed by atoms with E-state index >= 15 is 0 Å². The first-order valence-corrected chi connectivity index (χ1v) is 6.00. The fourth-order valence-electron chi connectivity index (χ4n) is 1.95. The molecule has 1 aliphatic heterocycles. The number of rotatable bonds is 5. The summed E-state index contributed by atoms with van der Waals surface area (Å²) < 4.78 is 10.4. The lowest BCUT2D eigenvalue weighted by molar-refractivity contribution is -0.753. The highest BCUT2D eigenvalue weighted by atomic mass is 35.5. The van der Waals surface area contributed by atoms with Gasteiger partial charge in [0.05, 0.1) is 20.4 Å². The summed E-state index contributed by atoms with van der Waals surface area (Å²) in [5.41, 5.74) is 0.603. The Labute approximate surface area is 124 Å². The molecule has 1 aromatic carbocycles.